The summed E-state index contributed by atoms with van der Waals surface area (Å²) in [6.07, 6.45) is -5.15. The highest BCUT2D eigenvalue weighted by Gasteiger charge is 2.50. The second-order valence-electron chi connectivity index (χ2n) is 4.65. The molecule has 0 aliphatic carbocycles. The number of aliphatic imine (C=N–C) groups is 1. The molecular weight excluding hydrogens is 269 g/mol. The van der Waals surface area contributed by atoms with Crippen molar-refractivity contribution in [1.82, 2.24) is 4.90 Å². The maximum atomic E-state index is 13.9. The minimum absolute atomic E-state index is 0.247. The van der Waals surface area contributed by atoms with Crippen molar-refractivity contribution in [3.8, 4) is 0 Å². The van der Waals surface area contributed by atoms with Gasteiger partial charge in [0.1, 0.15) is 36.5 Å². The normalized spacial score (nSPS) is 44.6. The summed E-state index contributed by atoms with van der Waals surface area (Å²) in [5.74, 6) is 0. The number of nitrogens with zero attached hydrogens (tertiary/aromatic N) is 2. The van der Waals surface area contributed by atoms with E-state index in [1.165, 1.54) is 11.8 Å². The van der Waals surface area contributed by atoms with Crippen LogP contribution in [-0.2, 0) is 4.74 Å². The Morgan fingerprint density at radius 2 is 2.17 bits per heavy atom. The second kappa shape index (κ2) is 4.57. The molecule has 0 unspecified atom stereocenters. The number of aliphatic hydroxyl groups excluding tert-OH is 1. The lowest BCUT2D eigenvalue weighted by Gasteiger charge is -2.36. The molecule has 0 radical (unpaired) electrons. The van der Waals surface area contributed by atoms with E-state index in [1.54, 1.807) is 4.90 Å². The molecule has 102 valence electrons. The first-order valence-electron chi connectivity index (χ1n) is 5.77. The van der Waals surface area contributed by atoms with Gasteiger partial charge in [0.15, 0.2) is 11.3 Å². The van der Waals surface area contributed by atoms with Gasteiger partial charge in [-0.1, -0.05) is 11.8 Å². The van der Waals surface area contributed by atoms with Crippen LogP contribution in [0.25, 0.3) is 0 Å². The topological polar surface area (TPSA) is 45.1 Å². The van der Waals surface area contributed by atoms with Crippen LogP contribution in [0, 0.1) is 0 Å². The summed E-state index contributed by atoms with van der Waals surface area (Å²) in [4.78, 5) is 5.82. The van der Waals surface area contributed by atoms with Gasteiger partial charge in [-0.25, -0.2) is 13.2 Å². The Bertz CT molecular complexity index is 367. The Labute approximate surface area is 106 Å². The Morgan fingerprint density at radius 3 is 2.78 bits per heavy atom. The first-order valence-corrected chi connectivity index (χ1v) is 6.65. The van der Waals surface area contributed by atoms with Crippen molar-refractivity contribution in [1.29, 1.82) is 0 Å². The lowest BCUT2D eigenvalue weighted by molar-refractivity contribution is -0.136. The minimum Gasteiger partial charge on any atom is -0.387 e. The number of rotatable bonds is 1. The molecule has 5 atom stereocenters. The summed E-state index contributed by atoms with van der Waals surface area (Å²) in [5, 5.41) is 10.1. The highest BCUT2D eigenvalue weighted by atomic mass is 32.2. The van der Waals surface area contributed by atoms with E-state index in [0.717, 1.165) is 0 Å². The highest BCUT2D eigenvalue weighted by molar-refractivity contribution is 8.14. The Balaban J connectivity index is 1.71. The third-order valence-corrected chi connectivity index (χ3v) is 4.56. The number of amidine groups is 1. The fourth-order valence-electron chi connectivity index (χ4n) is 2.25. The predicted octanol–water partition coefficient (Wildman–Crippen LogP) is 0.505. The van der Waals surface area contributed by atoms with E-state index in [2.05, 4.69) is 4.99 Å². The molecule has 0 amide bonds. The van der Waals surface area contributed by atoms with Crippen LogP contribution in [0.2, 0.25) is 0 Å². The average molecular weight is 282 g/mol. The molecule has 3 heterocycles. The van der Waals surface area contributed by atoms with Crippen molar-refractivity contribution in [3.63, 3.8) is 0 Å². The monoisotopic (exact) mass is 282 g/mol. The molecule has 1 N–H and O–H groups in total. The zero-order valence-electron chi connectivity index (χ0n) is 9.38. The third kappa shape index (κ3) is 1.90. The molecule has 8 heteroatoms. The van der Waals surface area contributed by atoms with Crippen LogP contribution in [0.1, 0.15) is 0 Å². The van der Waals surface area contributed by atoms with E-state index in [0.29, 0.717) is 5.17 Å². The van der Waals surface area contributed by atoms with E-state index < -0.39 is 42.7 Å². The standard InChI is InChI=1S/C10H13F3N2O2S/c11-1-5-8(16)6(13)7-9(17-5)18-10(14-7)15-2-4(12)3-15/h4-9,16H,1-3H2/t5-,6+,7-,8-,9-/m1/s1. The number of likely N-dealkylation sites (tertiary alicyclic amines) is 1. The molecule has 0 aromatic rings. The van der Waals surface area contributed by atoms with Crippen molar-refractivity contribution in [2.75, 3.05) is 19.8 Å². The predicted molar refractivity (Wildman–Crippen MR) is 60.8 cm³/mol. The van der Waals surface area contributed by atoms with Gasteiger partial charge in [0.05, 0.1) is 13.1 Å². The maximum Gasteiger partial charge on any atom is 0.162 e. The van der Waals surface area contributed by atoms with Crippen LogP contribution in [0.15, 0.2) is 4.99 Å². The zero-order chi connectivity index (χ0) is 12.9. The summed E-state index contributed by atoms with van der Waals surface area (Å²) >= 11 is 1.17. The zero-order valence-corrected chi connectivity index (χ0v) is 10.2. The lowest BCUT2D eigenvalue weighted by atomic mass is 10.0. The first kappa shape index (κ1) is 12.6. The highest BCUT2D eigenvalue weighted by Crippen LogP contribution is 2.39. The maximum absolute atomic E-state index is 13.9. The summed E-state index contributed by atoms with van der Waals surface area (Å²) < 4.78 is 44.5. The summed E-state index contributed by atoms with van der Waals surface area (Å²) in [6, 6.07) is -0.832. The van der Waals surface area contributed by atoms with E-state index in [9.17, 15) is 18.3 Å². The van der Waals surface area contributed by atoms with Gasteiger partial charge < -0.3 is 14.7 Å². The van der Waals surface area contributed by atoms with Gasteiger partial charge in [0.2, 0.25) is 0 Å². The molecule has 0 saturated carbocycles. The van der Waals surface area contributed by atoms with E-state index in [4.69, 9.17) is 4.74 Å². The molecule has 3 aliphatic rings. The van der Waals surface area contributed by atoms with Crippen molar-refractivity contribution in [3.05, 3.63) is 0 Å². The minimum atomic E-state index is -1.64. The van der Waals surface area contributed by atoms with Crippen LogP contribution in [-0.4, -0.2) is 71.0 Å². The van der Waals surface area contributed by atoms with Crippen molar-refractivity contribution in [2.24, 2.45) is 4.99 Å². The number of halogens is 3. The third-order valence-electron chi connectivity index (χ3n) is 3.36. The molecule has 3 rings (SSSR count). The smallest absolute Gasteiger partial charge is 0.162 e. The van der Waals surface area contributed by atoms with Gasteiger partial charge in [-0.05, 0) is 0 Å². The molecule has 0 aromatic carbocycles. The summed E-state index contributed by atoms with van der Waals surface area (Å²) in [5.41, 5.74) is -0.627. The number of thioether (sulfide) groups is 1. The molecule has 3 aliphatic heterocycles. The van der Waals surface area contributed by atoms with Crippen molar-refractivity contribution < 1.29 is 23.0 Å². The molecule has 2 saturated heterocycles. The number of fused-ring (bicyclic) bond motifs is 1. The van der Waals surface area contributed by atoms with Gasteiger partial charge >= 0.3 is 0 Å². The molecule has 4 nitrogen and oxygen atoms in total. The number of alkyl halides is 3. The van der Waals surface area contributed by atoms with Crippen LogP contribution >= 0.6 is 11.8 Å². The second-order valence-corrected chi connectivity index (χ2v) is 5.72. The van der Waals surface area contributed by atoms with Gasteiger partial charge in [0.25, 0.3) is 0 Å². The van der Waals surface area contributed by atoms with Crippen molar-refractivity contribution >= 4 is 16.9 Å². The number of aliphatic hydroxyl groups is 1. The molecule has 2 fully saturated rings. The Kier molecular flexibility index (Phi) is 3.19. The number of hydrogen-bond donors (Lipinski definition) is 1. The van der Waals surface area contributed by atoms with Gasteiger partial charge in [0, 0.05) is 0 Å². The largest absolute Gasteiger partial charge is 0.387 e. The molecule has 0 spiro atoms. The Hall–Kier alpha value is -0.470. The van der Waals surface area contributed by atoms with Crippen LogP contribution in [0.5, 0.6) is 0 Å². The van der Waals surface area contributed by atoms with E-state index in [1.807, 2.05) is 0 Å². The summed E-state index contributed by atoms with van der Waals surface area (Å²) in [7, 11) is 0. The molecular formula is C10H13F3N2O2S. The van der Waals surface area contributed by atoms with Crippen molar-refractivity contribution in [2.45, 2.75) is 36.0 Å². The van der Waals surface area contributed by atoms with Crippen LogP contribution in [0.4, 0.5) is 13.2 Å². The van der Waals surface area contributed by atoms with E-state index >= 15 is 0 Å². The lowest BCUT2D eigenvalue weighted by Crippen LogP contribution is -2.53. The molecule has 18 heavy (non-hydrogen) atoms. The SMILES string of the molecule is O[C@H]1[C@@H](F)[C@H]2N=C(N3CC(F)C3)S[C@H]2O[C@@H]1CF. The number of ether oxygens (including phenoxy) is 1. The van der Waals surface area contributed by atoms with Crippen LogP contribution < -0.4 is 0 Å². The van der Waals surface area contributed by atoms with Gasteiger partial charge in [-0.15, -0.1) is 0 Å². The van der Waals surface area contributed by atoms with Gasteiger partial charge in [-0.2, -0.15) is 0 Å². The number of hydrogen-bond acceptors (Lipinski definition) is 5. The molecule has 0 aromatic heterocycles. The fraction of sp³-hybridized carbons (Fsp3) is 0.900. The quantitative estimate of drug-likeness (QED) is 0.761. The van der Waals surface area contributed by atoms with Crippen LogP contribution in [0.3, 0.4) is 0 Å². The first-order chi connectivity index (χ1) is 8.60. The van der Waals surface area contributed by atoms with E-state index in [-0.39, 0.29) is 13.1 Å². The fourth-order valence-corrected chi connectivity index (χ4v) is 3.48. The molecule has 0 bridgehead atoms. The summed E-state index contributed by atoms with van der Waals surface area (Å²) in [6.45, 7) is -0.439. The Morgan fingerprint density at radius 1 is 1.44 bits per heavy atom. The average Bonchev–Trinajstić information content (AvgIpc) is 2.73. The van der Waals surface area contributed by atoms with Gasteiger partial charge in [-0.3, -0.25) is 4.99 Å².